The summed E-state index contributed by atoms with van der Waals surface area (Å²) in [5.41, 5.74) is 2.42. The Hall–Kier alpha value is -2.35. The fourth-order valence-electron chi connectivity index (χ4n) is 4.25. The van der Waals surface area contributed by atoms with Crippen LogP contribution in [0.2, 0.25) is 0 Å². The summed E-state index contributed by atoms with van der Waals surface area (Å²) in [6, 6.07) is 11.5. The van der Waals surface area contributed by atoms with Crippen molar-refractivity contribution in [2.24, 2.45) is 5.92 Å². The molecule has 0 radical (unpaired) electrons. The Bertz CT molecular complexity index is 771. The number of aromatic nitrogens is 3. The van der Waals surface area contributed by atoms with Gasteiger partial charge >= 0.3 is 0 Å². The molecule has 26 heavy (non-hydrogen) atoms. The van der Waals surface area contributed by atoms with E-state index in [0.29, 0.717) is 6.04 Å². The number of fused-ring (bicyclic) bond motifs is 1. The van der Waals surface area contributed by atoms with E-state index >= 15 is 0 Å². The number of aryl methyl sites for hydroxylation is 1. The molecule has 136 valence electrons. The Morgan fingerprint density at radius 2 is 1.96 bits per heavy atom. The number of rotatable bonds is 4. The van der Waals surface area contributed by atoms with Gasteiger partial charge in [0.1, 0.15) is 11.6 Å². The quantitative estimate of drug-likeness (QED) is 0.903. The molecular formula is C21H27N5. The van der Waals surface area contributed by atoms with Crippen molar-refractivity contribution in [3.05, 3.63) is 41.5 Å². The normalized spacial score (nSPS) is 22.9. The fourth-order valence-corrected chi connectivity index (χ4v) is 4.25. The zero-order valence-electron chi connectivity index (χ0n) is 15.3. The van der Waals surface area contributed by atoms with Crippen molar-refractivity contribution < 1.29 is 0 Å². The lowest BCUT2D eigenvalue weighted by atomic mass is 9.86. The molecule has 0 bridgehead atoms. The SMILES string of the molecule is N#C[C@@H]1CCC[C@@H](Nc2ccc(Cc3nnc4n3CCCCC4)cc2)C1. The average molecular weight is 349 g/mol. The first-order chi connectivity index (χ1) is 12.8. The van der Waals surface area contributed by atoms with E-state index < -0.39 is 0 Å². The Balaban J connectivity index is 1.39. The molecule has 1 aromatic carbocycles. The smallest absolute Gasteiger partial charge is 0.137 e. The number of hydrogen-bond donors (Lipinski definition) is 1. The van der Waals surface area contributed by atoms with Gasteiger partial charge in [0, 0.05) is 37.0 Å². The minimum atomic E-state index is 0.212. The van der Waals surface area contributed by atoms with Crippen molar-refractivity contribution in [3.63, 3.8) is 0 Å². The van der Waals surface area contributed by atoms with Gasteiger partial charge in [0.15, 0.2) is 0 Å². The molecule has 2 aliphatic rings. The minimum absolute atomic E-state index is 0.212. The van der Waals surface area contributed by atoms with Crippen molar-refractivity contribution in [1.29, 1.82) is 5.26 Å². The van der Waals surface area contributed by atoms with E-state index in [4.69, 9.17) is 5.26 Å². The van der Waals surface area contributed by atoms with Crippen LogP contribution < -0.4 is 5.32 Å². The van der Waals surface area contributed by atoms with Crippen molar-refractivity contribution >= 4 is 5.69 Å². The molecule has 1 fully saturated rings. The third-order valence-electron chi connectivity index (χ3n) is 5.73. The number of hydrogen-bond acceptors (Lipinski definition) is 4. The van der Waals surface area contributed by atoms with Gasteiger partial charge in [-0.3, -0.25) is 0 Å². The first-order valence-corrected chi connectivity index (χ1v) is 9.98. The van der Waals surface area contributed by atoms with Crippen molar-refractivity contribution in [3.8, 4) is 6.07 Å². The van der Waals surface area contributed by atoms with Crippen molar-refractivity contribution in [2.45, 2.75) is 70.4 Å². The summed E-state index contributed by atoms with van der Waals surface area (Å²) in [5.74, 6) is 2.45. The van der Waals surface area contributed by atoms with Crippen LogP contribution in [0.15, 0.2) is 24.3 Å². The summed E-state index contributed by atoms with van der Waals surface area (Å²) in [6.45, 7) is 1.05. The lowest BCUT2D eigenvalue weighted by Crippen LogP contribution is -2.26. The lowest BCUT2D eigenvalue weighted by Gasteiger charge is -2.27. The Kier molecular flexibility index (Phi) is 5.19. The second-order valence-corrected chi connectivity index (χ2v) is 7.70. The maximum Gasteiger partial charge on any atom is 0.137 e. The van der Waals surface area contributed by atoms with E-state index in [1.54, 1.807) is 0 Å². The van der Waals surface area contributed by atoms with Gasteiger partial charge in [-0.25, -0.2) is 0 Å². The van der Waals surface area contributed by atoms with Crippen LogP contribution in [-0.4, -0.2) is 20.8 Å². The molecule has 1 aliphatic carbocycles. The number of nitriles is 1. The zero-order valence-corrected chi connectivity index (χ0v) is 15.3. The summed E-state index contributed by atoms with van der Waals surface area (Å²) in [5, 5.41) is 21.6. The van der Waals surface area contributed by atoms with E-state index in [2.05, 4.69) is 50.4 Å². The molecular weight excluding hydrogens is 322 g/mol. The van der Waals surface area contributed by atoms with Crippen molar-refractivity contribution in [2.75, 3.05) is 5.32 Å². The maximum atomic E-state index is 9.14. The third kappa shape index (κ3) is 3.90. The highest BCUT2D eigenvalue weighted by atomic mass is 15.3. The Labute approximate surface area is 155 Å². The van der Waals surface area contributed by atoms with Gasteiger partial charge in [-0.2, -0.15) is 5.26 Å². The third-order valence-corrected chi connectivity index (χ3v) is 5.73. The topological polar surface area (TPSA) is 66.5 Å². The molecule has 1 aromatic heterocycles. The van der Waals surface area contributed by atoms with E-state index in [0.717, 1.165) is 62.4 Å². The van der Waals surface area contributed by atoms with E-state index in [9.17, 15) is 0 Å². The molecule has 0 spiro atoms. The summed E-state index contributed by atoms with van der Waals surface area (Å²) in [7, 11) is 0. The minimum Gasteiger partial charge on any atom is -0.382 e. The second kappa shape index (κ2) is 7.90. The van der Waals surface area contributed by atoms with Gasteiger partial charge in [0.05, 0.1) is 6.07 Å². The van der Waals surface area contributed by atoms with E-state index in [1.165, 1.54) is 24.8 Å². The average Bonchev–Trinajstić information content (AvgIpc) is 2.90. The highest BCUT2D eigenvalue weighted by molar-refractivity contribution is 5.46. The molecule has 4 rings (SSSR count). The number of nitrogens with zero attached hydrogens (tertiary/aromatic N) is 4. The van der Waals surface area contributed by atoms with Gasteiger partial charge in [0.25, 0.3) is 0 Å². The summed E-state index contributed by atoms with van der Waals surface area (Å²) >= 11 is 0. The molecule has 1 aliphatic heterocycles. The number of nitrogens with one attached hydrogen (secondary N) is 1. The fraction of sp³-hybridized carbons (Fsp3) is 0.571. The summed E-state index contributed by atoms with van der Waals surface area (Å²) in [6.07, 6.45) is 9.96. The van der Waals surface area contributed by atoms with Crippen LogP contribution in [0.4, 0.5) is 5.69 Å². The first kappa shape index (κ1) is 17.1. The molecule has 5 nitrogen and oxygen atoms in total. The summed E-state index contributed by atoms with van der Waals surface area (Å²) < 4.78 is 2.32. The van der Waals surface area contributed by atoms with Crippen LogP contribution in [-0.2, 0) is 19.4 Å². The maximum absolute atomic E-state index is 9.14. The van der Waals surface area contributed by atoms with Crippen LogP contribution in [0.3, 0.4) is 0 Å². The van der Waals surface area contributed by atoms with Gasteiger partial charge in [-0.15, -0.1) is 10.2 Å². The second-order valence-electron chi connectivity index (χ2n) is 7.70. The lowest BCUT2D eigenvalue weighted by molar-refractivity contribution is 0.395. The molecule has 5 heteroatoms. The molecule has 0 saturated heterocycles. The molecule has 2 aromatic rings. The Morgan fingerprint density at radius 3 is 2.81 bits per heavy atom. The van der Waals surface area contributed by atoms with Gasteiger partial charge < -0.3 is 9.88 Å². The number of benzene rings is 1. The molecule has 1 N–H and O–H groups in total. The van der Waals surface area contributed by atoms with Gasteiger partial charge in [0.2, 0.25) is 0 Å². The molecule has 1 saturated carbocycles. The standard InChI is InChI=1S/C21H27N5/c22-15-17-5-4-6-19(13-17)23-18-10-8-16(9-11-18)14-21-25-24-20-7-2-1-3-12-26(20)21/h8-11,17,19,23H,1-7,12-14H2/t17-,19-/m1/s1. The molecule has 2 heterocycles. The Morgan fingerprint density at radius 1 is 1.08 bits per heavy atom. The largest absolute Gasteiger partial charge is 0.382 e. The van der Waals surface area contributed by atoms with Crippen LogP contribution in [0.1, 0.15) is 62.2 Å². The molecule has 0 unspecified atom stereocenters. The molecule has 2 atom stereocenters. The summed E-state index contributed by atoms with van der Waals surface area (Å²) in [4.78, 5) is 0. The predicted molar refractivity (Wildman–Crippen MR) is 102 cm³/mol. The highest BCUT2D eigenvalue weighted by Crippen LogP contribution is 2.26. The van der Waals surface area contributed by atoms with Crippen LogP contribution in [0, 0.1) is 17.2 Å². The van der Waals surface area contributed by atoms with E-state index in [1.807, 2.05) is 0 Å². The van der Waals surface area contributed by atoms with Gasteiger partial charge in [-0.05, 0) is 49.8 Å². The number of anilines is 1. The molecule has 0 amide bonds. The van der Waals surface area contributed by atoms with Gasteiger partial charge in [-0.1, -0.05) is 25.0 Å². The first-order valence-electron chi connectivity index (χ1n) is 9.98. The highest BCUT2D eigenvalue weighted by Gasteiger charge is 2.21. The van der Waals surface area contributed by atoms with Crippen LogP contribution in [0.25, 0.3) is 0 Å². The zero-order chi connectivity index (χ0) is 17.8. The predicted octanol–water partition coefficient (Wildman–Crippen LogP) is 4.09. The van der Waals surface area contributed by atoms with E-state index in [-0.39, 0.29) is 5.92 Å². The monoisotopic (exact) mass is 349 g/mol. The van der Waals surface area contributed by atoms with Crippen LogP contribution in [0.5, 0.6) is 0 Å². The van der Waals surface area contributed by atoms with Crippen molar-refractivity contribution in [1.82, 2.24) is 14.8 Å². The van der Waals surface area contributed by atoms with Crippen LogP contribution >= 0.6 is 0 Å².